The summed E-state index contributed by atoms with van der Waals surface area (Å²) < 4.78 is 11.7. The molecule has 162 valence electrons. The molecule has 1 fully saturated rings. The average Bonchev–Trinajstić information content (AvgIpc) is 3.44. The summed E-state index contributed by atoms with van der Waals surface area (Å²) in [4.78, 5) is 18.6. The second-order valence-electron chi connectivity index (χ2n) is 7.76. The number of nitrogens with one attached hydrogen (secondary N) is 1. The lowest BCUT2D eigenvalue weighted by atomic mass is 10.1. The number of benzene rings is 1. The van der Waals surface area contributed by atoms with Crippen LogP contribution in [0.15, 0.2) is 36.5 Å². The maximum absolute atomic E-state index is 13.0. The van der Waals surface area contributed by atoms with E-state index in [9.17, 15) is 4.79 Å². The molecule has 1 aliphatic rings. The lowest BCUT2D eigenvalue weighted by Gasteiger charge is -2.16. The Bertz CT molecular complexity index is 1050. The molecular formula is C23H26N4O3S. The molecule has 0 aliphatic carbocycles. The van der Waals surface area contributed by atoms with E-state index in [1.54, 1.807) is 17.4 Å². The smallest absolute Gasteiger partial charge is 0.251 e. The Morgan fingerprint density at radius 2 is 2.16 bits per heavy atom. The van der Waals surface area contributed by atoms with Crippen molar-refractivity contribution in [1.29, 1.82) is 0 Å². The molecule has 3 aromatic rings. The molecule has 1 saturated heterocycles. The first kappa shape index (κ1) is 21.4. The fourth-order valence-electron chi connectivity index (χ4n) is 3.38. The molecule has 8 heteroatoms. The Kier molecular flexibility index (Phi) is 6.58. The van der Waals surface area contributed by atoms with Gasteiger partial charge in [0.1, 0.15) is 17.4 Å². The van der Waals surface area contributed by atoms with Crippen LogP contribution in [0.3, 0.4) is 0 Å². The summed E-state index contributed by atoms with van der Waals surface area (Å²) >= 11 is 1.58. The summed E-state index contributed by atoms with van der Waals surface area (Å²) in [6, 6.07) is 9.02. The molecular weight excluding hydrogens is 412 g/mol. The number of amides is 1. The van der Waals surface area contributed by atoms with E-state index >= 15 is 0 Å². The van der Waals surface area contributed by atoms with E-state index in [1.165, 1.54) is 0 Å². The van der Waals surface area contributed by atoms with Crippen LogP contribution in [0.2, 0.25) is 0 Å². The van der Waals surface area contributed by atoms with Crippen molar-refractivity contribution in [3.8, 4) is 16.3 Å². The first-order chi connectivity index (χ1) is 15.0. The quantitative estimate of drug-likeness (QED) is 0.593. The molecule has 1 unspecified atom stereocenters. The molecule has 0 spiro atoms. The third kappa shape index (κ3) is 5.45. The lowest BCUT2D eigenvalue weighted by molar-refractivity contribution is 0.0679. The zero-order chi connectivity index (χ0) is 21.8. The van der Waals surface area contributed by atoms with Crippen LogP contribution in [0.5, 0.6) is 5.75 Å². The van der Waals surface area contributed by atoms with E-state index in [2.05, 4.69) is 20.5 Å². The monoisotopic (exact) mass is 438 g/mol. The van der Waals surface area contributed by atoms with Crippen LogP contribution < -0.4 is 10.1 Å². The van der Waals surface area contributed by atoms with Gasteiger partial charge in [-0.1, -0.05) is 0 Å². The van der Waals surface area contributed by atoms with E-state index in [4.69, 9.17) is 9.47 Å². The summed E-state index contributed by atoms with van der Waals surface area (Å²) in [5.41, 5.74) is 2.91. The van der Waals surface area contributed by atoms with Gasteiger partial charge in [0.15, 0.2) is 0 Å². The number of hydrogen-bond acceptors (Lipinski definition) is 7. The molecule has 2 aromatic heterocycles. The highest BCUT2D eigenvalue weighted by Crippen LogP contribution is 2.30. The summed E-state index contributed by atoms with van der Waals surface area (Å²) in [5, 5.41) is 12.1. The van der Waals surface area contributed by atoms with Gasteiger partial charge in [0.25, 0.3) is 5.91 Å². The number of aryl methyl sites for hydroxylation is 2. The Hall–Kier alpha value is -2.84. The summed E-state index contributed by atoms with van der Waals surface area (Å²) in [6.45, 7) is 7.03. The second kappa shape index (κ2) is 9.53. The van der Waals surface area contributed by atoms with Gasteiger partial charge in [0.05, 0.1) is 23.5 Å². The van der Waals surface area contributed by atoms with Gasteiger partial charge in [-0.2, -0.15) is 10.2 Å². The number of thiazole rings is 1. The Morgan fingerprint density at radius 1 is 1.29 bits per heavy atom. The van der Waals surface area contributed by atoms with Crippen molar-refractivity contribution in [2.45, 2.75) is 45.8 Å². The van der Waals surface area contributed by atoms with Crippen molar-refractivity contribution in [2.24, 2.45) is 0 Å². The molecule has 3 heterocycles. The highest BCUT2D eigenvalue weighted by molar-refractivity contribution is 7.14. The number of rotatable bonds is 7. The topological polar surface area (TPSA) is 86.2 Å². The van der Waals surface area contributed by atoms with Crippen LogP contribution in [0.4, 0.5) is 0 Å². The van der Waals surface area contributed by atoms with Crippen molar-refractivity contribution in [1.82, 2.24) is 20.5 Å². The number of ether oxygens (including phenoxy) is 2. The zero-order valence-electron chi connectivity index (χ0n) is 17.9. The first-order valence-electron chi connectivity index (χ1n) is 10.4. The number of aromatic nitrogens is 3. The van der Waals surface area contributed by atoms with E-state index in [0.29, 0.717) is 23.6 Å². The van der Waals surface area contributed by atoms with E-state index < -0.39 is 0 Å². The Morgan fingerprint density at radius 3 is 2.84 bits per heavy atom. The maximum atomic E-state index is 13.0. The molecule has 0 saturated carbocycles. The minimum Gasteiger partial charge on any atom is -0.491 e. The van der Waals surface area contributed by atoms with Gasteiger partial charge in [-0.3, -0.25) is 4.79 Å². The molecule has 7 nitrogen and oxygen atoms in total. The van der Waals surface area contributed by atoms with Crippen LogP contribution in [0.1, 0.15) is 52.4 Å². The van der Waals surface area contributed by atoms with Gasteiger partial charge < -0.3 is 14.8 Å². The van der Waals surface area contributed by atoms with Crippen molar-refractivity contribution in [3.63, 3.8) is 0 Å². The predicted molar refractivity (Wildman–Crippen MR) is 119 cm³/mol. The van der Waals surface area contributed by atoms with Gasteiger partial charge in [-0.15, -0.1) is 11.3 Å². The van der Waals surface area contributed by atoms with Crippen molar-refractivity contribution < 1.29 is 14.3 Å². The molecule has 1 aliphatic heterocycles. The molecule has 1 amide bonds. The van der Waals surface area contributed by atoms with Crippen molar-refractivity contribution >= 4 is 17.2 Å². The summed E-state index contributed by atoms with van der Waals surface area (Å²) in [7, 11) is 0. The lowest BCUT2D eigenvalue weighted by Crippen LogP contribution is -2.27. The summed E-state index contributed by atoms with van der Waals surface area (Å²) in [5.74, 6) is 0.431. The Labute approximate surface area is 185 Å². The second-order valence-corrected chi connectivity index (χ2v) is 9.00. The molecule has 1 aromatic carbocycles. The number of nitrogens with zero attached hydrogens (tertiary/aromatic N) is 3. The van der Waals surface area contributed by atoms with Crippen LogP contribution in [0, 0.1) is 13.8 Å². The highest BCUT2D eigenvalue weighted by atomic mass is 32.1. The molecule has 1 N–H and O–H groups in total. The minimum atomic E-state index is -0.275. The average molecular weight is 439 g/mol. The van der Waals surface area contributed by atoms with Crippen LogP contribution in [-0.2, 0) is 4.74 Å². The predicted octanol–water partition coefficient (Wildman–Crippen LogP) is 4.27. The first-order valence-corrected chi connectivity index (χ1v) is 11.2. The number of carbonyl (C=O) groups is 1. The van der Waals surface area contributed by atoms with Gasteiger partial charge in [0.2, 0.25) is 0 Å². The van der Waals surface area contributed by atoms with E-state index in [1.807, 2.05) is 51.2 Å². The molecule has 0 radical (unpaired) electrons. The van der Waals surface area contributed by atoms with Crippen molar-refractivity contribution in [2.75, 3.05) is 13.2 Å². The minimum absolute atomic E-state index is 0.100. The van der Waals surface area contributed by atoms with Gasteiger partial charge in [0, 0.05) is 28.8 Å². The van der Waals surface area contributed by atoms with Gasteiger partial charge in [-0.25, -0.2) is 4.98 Å². The highest BCUT2D eigenvalue weighted by Gasteiger charge is 2.19. The fraction of sp³-hybridized carbons (Fsp3) is 0.391. The standard InChI is InChI=1S/C23H26N4O3S/c1-14-6-7-21(27-26-14)16(3)25-22(28)17-9-18(23-24-12-15(2)31-23)11-20(10-17)30-13-19-5-4-8-29-19/h6-7,9-12,16,19H,4-5,8,13H2,1-3H3,(H,25,28)/t16?,19-/m0/s1. The van der Waals surface area contributed by atoms with Crippen molar-refractivity contribution in [3.05, 3.63) is 58.4 Å². The fourth-order valence-corrected chi connectivity index (χ4v) is 4.14. The summed E-state index contributed by atoms with van der Waals surface area (Å²) in [6.07, 6.45) is 3.98. The van der Waals surface area contributed by atoms with Gasteiger partial charge >= 0.3 is 0 Å². The van der Waals surface area contributed by atoms with Crippen LogP contribution in [0.25, 0.3) is 10.6 Å². The largest absolute Gasteiger partial charge is 0.491 e. The third-order valence-corrected chi connectivity index (χ3v) is 6.07. The molecule has 2 atom stereocenters. The van der Waals surface area contributed by atoms with E-state index in [0.717, 1.165) is 40.6 Å². The SMILES string of the molecule is Cc1ccc(C(C)NC(=O)c2cc(OC[C@@H]3CCCO3)cc(-c3ncc(C)s3)c2)nn1. The van der Waals surface area contributed by atoms with Crippen LogP contribution in [-0.4, -0.2) is 40.4 Å². The van der Waals surface area contributed by atoms with E-state index in [-0.39, 0.29) is 18.1 Å². The van der Waals surface area contributed by atoms with Crippen LogP contribution >= 0.6 is 11.3 Å². The van der Waals surface area contributed by atoms with Gasteiger partial charge in [-0.05, 0) is 63.9 Å². The molecule has 31 heavy (non-hydrogen) atoms. The number of carbonyl (C=O) groups excluding carboxylic acids is 1. The third-order valence-electron chi connectivity index (χ3n) is 5.11. The number of hydrogen-bond donors (Lipinski definition) is 1. The maximum Gasteiger partial charge on any atom is 0.251 e. The normalized spacial score (nSPS) is 16.8. The molecule has 4 rings (SSSR count). The Balaban J connectivity index is 1.56. The zero-order valence-corrected chi connectivity index (χ0v) is 18.7. The molecule has 0 bridgehead atoms.